The Balaban J connectivity index is 2.05. The van der Waals surface area contributed by atoms with E-state index >= 15 is 0 Å². The van der Waals surface area contributed by atoms with Gasteiger partial charge in [0.15, 0.2) is 11.6 Å². The fraction of sp³-hybridized carbons (Fsp3) is 0.154. The van der Waals surface area contributed by atoms with Crippen LogP contribution in [0.3, 0.4) is 0 Å². The van der Waals surface area contributed by atoms with Gasteiger partial charge in [-0.05, 0) is 42.3 Å². The Morgan fingerprint density at radius 1 is 1.19 bits per heavy atom. The first-order chi connectivity index (χ1) is 7.75. The van der Waals surface area contributed by atoms with Crippen molar-refractivity contribution < 1.29 is 9.13 Å². The molecule has 0 bridgehead atoms. The van der Waals surface area contributed by atoms with E-state index in [4.69, 9.17) is 4.74 Å². The van der Waals surface area contributed by atoms with Crippen LogP contribution >= 0.6 is 0 Å². The van der Waals surface area contributed by atoms with Crippen LogP contribution in [0.4, 0.5) is 4.39 Å². The fourth-order valence-electron chi connectivity index (χ4n) is 1.36. The van der Waals surface area contributed by atoms with Gasteiger partial charge in [0.1, 0.15) is 6.61 Å². The van der Waals surface area contributed by atoms with Gasteiger partial charge in [0, 0.05) is 12.4 Å². The summed E-state index contributed by atoms with van der Waals surface area (Å²) in [5.74, 6) is -0.0449. The van der Waals surface area contributed by atoms with Crippen LogP contribution in [0.25, 0.3) is 0 Å². The molecular formula is C13H12FNO. The lowest BCUT2D eigenvalue weighted by molar-refractivity contribution is 0.290. The van der Waals surface area contributed by atoms with Gasteiger partial charge in [-0.2, -0.15) is 0 Å². The Morgan fingerprint density at radius 2 is 1.94 bits per heavy atom. The molecule has 0 spiro atoms. The van der Waals surface area contributed by atoms with E-state index in [0.717, 1.165) is 11.1 Å². The van der Waals surface area contributed by atoms with Crippen molar-refractivity contribution >= 4 is 0 Å². The Hall–Kier alpha value is -1.90. The number of aromatic nitrogens is 1. The average molecular weight is 217 g/mol. The molecule has 1 heterocycles. The normalized spacial score (nSPS) is 10.1. The molecule has 1 aromatic carbocycles. The number of hydrogen-bond acceptors (Lipinski definition) is 2. The van der Waals surface area contributed by atoms with Crippen LogP contribution in [0.15, 0.2) is 42.7 Å². The number of pyridine rings is 1. The molecule has 16 heavy (non-hydrogen) atoms. The lowest BCUT2D eigenvalue weighted by Crippen LogP contribution is -1.97. The minimum Gasteiger partial charge on any atom is -0.486 e. The van der Waals surface area contributed by atoms with E-state index in [-0.39, 0.29) is 11.6 Å². The summed E-state index contributed by atoms with van der Waals surface area (Å²) in [5.41, 5.74) is 1.85. The summed E-state index contributed by atoms with van der Waals surface area (Å²) in [7, 11) is 0. The number of ether oxygens (including phenoxy) is 1. The molecule has 0 aliphatic rings. The maximum absolute atomic E-state index is 13.4. The number of halogens is 1. The number of nitrogens with zero attached hydrogens (tertiary/aromatic N) is 1. The Bertz CT molecular complexity index is 471. The molecule has 0 atom stereocenters. The molecular weight excluding hydrogens is 205 g/mol. The quantitative estimate of drug-likeness (QED) is 0.788. The van der Waals surface area contributed by atoms with Crippen LogP contribution in [0, 0.1) is 12.7 Å². The zero-order valence-electron chi connectivity index (χ0n) is 8.98. The molecule has 3 heteroatoms. The summed E-state index contributed by atoms with van der Waals surface area (Å²) in [5, 5.41) is 0. The van der Waals surface area contributed by atoms with Crippen molar-refractivity contribution in [3.8, 4) is 5.75 Å². The molecule has 0 N–H and O–H groups in total. The molecule has 0 saturated heterocycles. The summed E-state index contributed by atoms with van der Waals surface area (Å²) >= 11 is 0. The monoisotopic (exact) mass is 217 g/mol. The van der Waals surface area contributed by atoms with Crippen molar-refractivity contribution in [1.82, 2.24) is 4.98 Å². The van der Waals surface area contributed by atoms with Gasteiger partial charge in [0.2, 0.25) is 0 Å². The molecule has 0 fully saturated rings. The van der Waals surface area contributed by atoms with E-state index in [2.05, 4.69) is 4.98 Å². The summed E-state index contributed by atoms with van der Waals surface area (Å²) in [4.78, 5) is 3.90. The number of hydrogen-bond donors (Lipinski definition) is 0. The van der Waals surface area contributed by atoms with E-state index in [1.807, 2.05) is 25.1 Å². The third-order valence-electron chi connectivity index (χ3n) is 2.23. The highest BCUT2D eigenvalue weighted by atomic mass is 19.1. The topological polar surface area (TPSA) is 22.1 Å². The second kappa shape index (κ2) is 4.75. The van der Waals surface area contributed by atoms with Crippen molar-refractivity contribution in [2.75, 3.05) is 0 Å². The van der Waals surface area contributed by atoms with Crippen LogP contribution < -0.4 is 4.74 Å². The zero-order valence-corrected chi connectivity index (χ0v) is 8.98. The summed E-state index contributed by atoms with van der Waals surface area (Å²) < 4.78 is 18.8. The van der Waals surface area contributed by atoms with Gasteiger partial charge >= 0.3 is 0 Å². The van der Waals surface area contributed by atoms with Crippen LogP contribution in [0.1, 0.15) is 11.1 Å². The molecule has 0 amide bonds. The molecule has 2 aromatic rings. The van der Waals surface area contributed by atoms with Crippen molar-refractivity contribution in [3.05, 3.63) is 59.7 Å². The second-order valence-corrected chi connectivity index (χ2v) is 3.58. The standard InChI is InChI=1S/C13H12FNO/c1-10-2-3-13(12(14)8-10)16-9-11-4-6-15-7-5-11/h2-8H,9H2,1H3. The first kappa shape index (κ1) is 10.6. The van der Waals surface area contributed by atoms with E-state index in [1.165, 1.54) is 6.07 Å². The highest BCUT2D eigenvalue weighted by Crippen LogP contribution is 2.18. The van der Waals surface area contributed by atoms with Crippen molar-refractivity contribution in [2.24, 2.45) is 0 Å². The molecule has 0 saturated carbocycles. The van der Waals surface area contributed by atoms with Crippen LogP contribution in [-0.4, -0.2) is 4.98 Å². The SMILES string of the molecule is Cc1ccc(OCc2ccncc2)c(F)c1. The van der Waals surface area contributed by atoms with Gasteiger partial charge in [0.25, 0.3) is 0 Å². The third kappa shape index (κ3) is 2.57. The lowest BCUT2D eigenvalue weighted by Gasteiger charge is -2.07. The third-order valence-corrected chi connectivity index (χ3v) is 2.23. The van der Waals surface area contributed by atoms with Gasteiger partial charge in [-0.1, -0.05) is 6.07 Å². The molecule has 1 aromatic heterocycles. The smallest absolute Gasteiger partial charge is 0.165 e. The Morgan fingerprint density at radius 3 is 2.62 bits per heavy atom. The van der Waals surface area contributed by atoms with Crippen molar-refractivity contribution in [1.29, 1.82) is 0 Å². The van der Waals surface area contributed by atoms with Gasteiger partial charge < -0.3 is 4.74 Å². The highest BCUT2D eigenvalue weighted by Gasteiger charge is 2.03. The first-order valence-corrected chi connectivity index (χ1v) is 5.03. The average Bonchev–Trinajstić information content (AvgIpc) is 2.29. The Kier molecular flexibility index (Phi) is 3.15. The van der Waals surface area contributed by atoms with E-state index in [1.54, 1.807) is 18.5 Å². The molecule has 0 radical (unpaired) electrons. The van der Waals surface area contributed by atoms with E-state index in [0.29, 0.717) is 6.61 Å². The maximum atomic E-state index is 13.4. The molecule has 2 nitrogen and oxygen atoms in total. The number of rotatable bonds is 3. The van der Waals surface area contributed by atoms with Crippen molar-refractivity contribution in [2.45, 2.75) is 13.5 Å². The molecule has 0 aliphatic heterocycles. The zero-order chi connectivity index (χ0) is 11.4. The predicted molar refractivity (Wildman–Crippen MR) is 59.7 cm³/mol. The van der Waals surface area contributed by atoms with Gasteiger partial charge in [0.05, 0.1) is 0 Å². The number of benzene rings is 1. The molecule has 0 aliphatic carbocycles. The minimum atomic E-state index is -0.325. The molecule has 0 unspecified atom stereocenters. The van der Waals surface area contributed by atoms with Crippen molar-refractivity contribution in [3.63, 3.8) is 0 Å². The molecule has 2 rings (SSSR count). The predicted octanol–water partition coefficient (Wildman–Crippen LogP) is 3.11. The Labute approximate surface area is 93.7 Å². The minimum absolute atomic E-state index is 0.280. The summed E-state index contributed by atoms with van der Waals surface area (Å²) in [6.07, 6.45) is 3.37. The lowest BCUT2D eigenvalue weighted by atomic mass is 10.2. The summed E-state index contributed by atoms with van der Waals surface area (Å²) in [6.45, 7) is 2.19. The fourth-order valence-corrected chi connectivity index (χ4v) is 1.36. The van der Waals surface area contributed by atoms with Crippen LogP contribution in [0.5, 0.6) is 5.75 Å². The summed E-state index contributed by atoms with van der Waals surface area (Å²) in [6, 6.07) is 8.61. The van der Waals surface area contributed by atoms with Crippen LogP contribution in [-0.2, 0) is 6.61 Å². The first-order valence-electron chi connectivity index (χ1n) is 5.03. The number of aryl methyl sites for hydroxylation is 1. The molecule has 82 valence electrons. The van der Waals surface area contributed by atoms with Gasteiger partial charge in [-0.15, -0.1) is 0 Å². The van der Waals surface area contributed by atoms with E-state index in [9.17, 15) is 4.39 Å². The second-order valence-electron chi connectivity index (χ2n) is 3.58. The largest absolute Gasteiger partial charge is 0.486 e. The van der Waals surface area contributed by atoms with Gasteiger partial charge in [-0.25, -0.2) is 4.39 Å². The maximum Gasteiger partial charge on any atom is 0.165 e. The highest BCUT2D eigenvalue weighted by molar-refractivity contribution is 5.28. The van der Waals surface area contributed by atoms with E-state index < -0.39 is 0 Å². The van der Waals surface area contributed by atoms with Gasteiger partial charge in [-0.3, -0.25) is 4.98 Å². The van der Waals surface area contributed by atoms with Crippen LogP contribution in [0.2, 0.25) is 0 Å².